The summed E-state index contributed by atoms with van der Waals surface area (Å²) >= 11 is 0. The average molecular weight is 331 g/mol. The first kappa shape index (κ1) is 15.8. The number of pyridine rings is 2. The molecule has 1 saturated heterocycles. The normalized spacial score (nSPS) is 17.6. The van der Waals surface area contributed by atoms with Gasteiger partial charge in [-0.05, 0) is 50.5 Å². The van der Waals surface area contributed by atoms with E-state index in [2.05, 4.69) is 11.9 Å². The van der Waals surface area contributed by atoms with E-state index in [1.54, 1.807) is 6.20 Å². The molecule has 0 aliphatic carbocycles. The SMILES string of the molecule is C[C@H]1CCCCN1C(=O)c1cc(-c2ccccn2)nc2ccccc12. The van der Waals surface area contributed by atoms with Gasteiger partial charge in [0.15, 0.2) is 0 Å². The van der Waals surface area contributed by atoms with E-state index in [0.717, 1.165) is 47.2 Å². The summed E-state index contributed by atoms with van der Waals surface area (Å²) in [5, 5.41) is 0.907. The molecule has 0 N–H and O–H groups in total. The van der Waals surface area contributed by atoms with Gasteiger partial charge in [-0.15, -0.1) is 0 Å². The molecule has 4 heteroatoms. The van der Waals surface area contributed by atoms with Crippen molar-refractivity contribution >= 4 is 16.8 Å². The van der Waals surface area contributed by atoms with E-state index >= 15 is 0 Å². The summed E-state index contributed by atoms with van der Waals surface area (Å²) in [6.45, 7) is 2.97. The number of hydrogen-bond donors (Lipinski definition) is 0. The molecule has 3 aromatic rings. The monoisotopic (exact) mass is 331 g/mol. The van der Waals surface area contributed by atoms with Gasteiger partial charge in [0.1, 0.15) is 0 Å². The predicted molar refractivity (Wildman–Crippen MR) is 99.3 cm³/mol. The first-order valence-corrected chi connectivity index (χ1v) is 8.86. The first-order valence-electron chi connectivity index (χ1n) is 8.86. The quantitative estimate of drug-likeness (QED) is 0.703. The fourth-order valence-electron chi connectivity index (χ4n) is 3.55. The smallest absolute Gasteiger partial charge is 0.254 e. The van der Waals surface area contributed by atoms with E-state index in [4.69, 9.17) is 4.98 Å². The van der Waals surface area contributed by atoms with Gasteiger partial charge in [-0.2, -0.15) is 0 Å². The van der Waals surface area contributed by atoms with Crippen molar-refractivity contribution in [2.75, 3.05) is 6.54 Å². The fraction of sp³-hybridized carbons (Fsp3) is 0.286. The lowest BCUT2D eigenvalue weighted by atomic mass is 10.00. The van der Waals surface area contributed by atoms with Crippen molar-refractivity contribution < 1.29 is 4.79 Å². The maximum atomic E-state index is 13.3. The van der Waals surface area contributed by atoms with Crippen LogP contribution in [0.4, 0.5) is 0 Å². The van der Waals surface area contributed by atoms with Crippen LogP contribution >= 0.6 is 0 Å². The second kappa shape index (κ2) is 6.63. The minimum absolute atomic E-state index is 0.1000. The Morgan fingerprint density at radius 1 is 1.08 bits per heavy atom. The third kappa shape index (κ3) is 3.00. The minimum atomic E-state index is 0.1000. The Hall–Kier alpha value is -2.75. The fourth-order valence-corrected chi connectivity index (χ4v) is 3.55. The van der Waals surface area contributed by atoms with Crippen LogP contribution in [0.15, 0.2) is 54.7 Å². The zero-order valence-electron chi connectivity index (χ0n) is 14.4. The van der Waals surface area contributed by atoms with Crippen molar-refractivity contribution in [1.82, 2.24) is 14.9 Å². The highest BCUT2D eigenvalue weighted by atomic mass is 16.2. The Balaban J connectivity index is 1.85. The number of rotatable bonds is 2. The van der Waals surface area contributed by atoms with Gasteiger partial charge in [-0.25, -0.2) is 4.98 Å². The van der Waals surface area contributed by atoms with Crippen molar-refractivity contribution in [3.05, 3.63) is 60.3 Å². The van der Waals surface area contributed by atoms with Crippen LogP contribution in [-0.4, -0.2) is 33.4 Å². The largest absolute Gasteiger partial charge is 0.336 e. The van der Waals surface area contributed by atoms with Crippen LogP contribution in [0.3, 0.4) is 0 Å². The number of carbonyl (C=O) groups is 1. The average Bonchev–Trinajstić information content (AvgIpc) is 2.67. The van der Waals surface area contributed by atoms with E-state index in [0.29, 0.717) is 0 Å². The van der Waals surface area contributed by atoms with E-state index < -0.39 is 0 Å². The van der Waals surface area contributed by atoms with E-state index in [1.807, 2.05) is 53.4 Å². The van der Waals surface area contributed by atoms with Gasteiger partial charge in [-0.1, -0.05) is 24.3 Å². The number of benzene rings is 1. The third-order valence-corrected chi connectivity index (χ3v) is 4.94. The zero-order chi connectivity index (χ0) is 17.2. The predicted octanol–water partition coefficient (Wildman–Crippen LogP) is 4.31. The molecule has 0 unspecified atom stereocenters. The van der Waals surface area contributed by atoms with E-state index in [-0.39, 0.29) is 11.9 Å². The van der Waals surface area contributed by atoms with Gasteiger partial charge in [0, 0.05) is 24.2 Å². The molecule has 1 amide bonds. The molecule has 1 fully saturated rings. The zero-order valence-corrected chi connectivity index (χ0v) is 14.4. The van der Waals surface area contributed by atoms with Crippen LogP contribution in [0, 0.1) is 0 Å². The highest BCUT2D eigenvalue weighted by molar-refractivity contribution is 6.07. The Morgan fingerprint density at radius 2 is 1.92 bits per heavy atom. The van der Waals surface area contributed by atoms with Gasteiger partial charge < -0.3 is 4.90 Å². The Morgan fingerprint density at radius 3 is 2.72 bits per heavy atom. The molecule has 1 aliphatic heterocycles. The van der Waals surface area contributed by atoms with Crippen LogP contribution in [0.1, 0.15) is 36.5 Å². The van der Waals surface area contributed by atoms with Gasteiger partial charge in [0.05, 0.1) is 22.5 Å². The second-order valence-corrected chi connectivity index (χ2v) is 6.63. The second-order valence-electron chi connectivity index (χ2n) is 6.63. The molecule has 25 heavy (non-hydrogen) atoms. The van der Waals surface area contributed by atoms with Crippen molar-refractivity contribution in [1.29, 1.82) is 0 Å². The van der Waals surface area contributed by atoms with Crippen LogP contribution in [-0.2, 0) is 0 Å². The summed E-state index contributed by atoms with van der Waals surface area (Å²) in [6.07, 6.45) is 5.09. The summed E-state index contributed by atoms with van der Waals surface area (Å²) in [5.74, 6) is 0.1000. The maximum Gasteiger partial charge on any atom is 0.254 e. The molecule has 3 heterocycles. The lowest BCUT2D eigenvalue weighted by Gasteiger charge is -2.33. The van der Waals surface area contributed by atoms with Gasteiger partial charge >= 0.3 is 0 Å². The number of piperidine rings is 1. The van der Waals surface area contributed by atoms with Crippen LogP contribution in [0.25, 0.3) is 22.3 Å². The Bertz CT molecular complexity index is 907. The van der Waals surface area contributed by atoms with Crippen molar-refractivity contribution in [2.24, 2.45) is 0 Å². The summed E-state index contributed by atoms with van der Waals surface area (Å²) in [4.78, 5) is 24.4. The molecule has 126 valence electrons. The highest BCUT2D eigenvalue weighted by Gasteiger charge is 2.26. The van der Waals surface area contributed by atoms with Gasteiger partial charge in [0.25, 0.3) is 5.91 Å². The summed E-state index contributed by atoms with van der Waals surface area (Å²) in [6, 6.07) is 15.8. The first-order chi connectivity index (χ1) is 12.2. The van der Waals surface area contributed by atoms with Gasteiger partial charge in [-0.3, -0.25) is 9.78 Å². The maximum absolute atomic E-state index is 13.3. The molecular formula is C21H21N3O. The third-order valence-electron chi connectivity index (χ3n) is 4.94. The molecule has 1 atom stereocenters. The summed E-state index contributed by atoms with van der Waals surface area (Å²) < 4.78 is 0. The molecule has 1 aromatic carbocycles. The Labute approximate surface area is 147 Å². The molecule has 2 aromatic heterocycles. The number of fused-ring (bicyclic) bond motifs is 1. The molecule has 4 rings (SSSR count). The van der Waals surface area contributed by atoms with Crippen LogP contribution in [0.2, 0.25) is 0 Å². The standard InChI is InChI=1S/C21H21N3O/c1-15-8-5-7-13-24(15)21(25)17-14-20(19-11-4-6-12-22-19)23-18-10-3-2-9-16(17)18/h2-4,6,9-12,14-15H,5,7-8,13H2,1H3/t15-/m0/s1. The number of nitrogens with zero attached hydrogens (tertiary/aromatic N) is 3. The minimum Gasteiger partial charge on any atom is -0.336 e. The highest BCUT2D eigenvalue weighted by Crippen LogP contribution is 2.27. The molecule has 4 nitrogen and oxygen atoms in total. The lowest BCUT2D eigenvalue weighted by Crippen LogP contribution is -2.42. The topological polar surface area (TPSA) is 46.1 Å². The van der Waals surface area contributed by atoms with Crippen molar-refractivity contribution in [3.63, 3.8) is 0 Å². The number of hydrogen-bond acceptors (Lipinski definition) is 3. The number of para-hydroxylation sites is 1. The van der Waals surface area contributed by atoms with Crippen LogP contribution in [0.5, 0.6) is 0 Å². The molecule has 0 radical (unpaired) electrons. The van der Waals surface area contributed by atoms with E-state index in [1.165, 1.54) is 6.42 Å². The Kier molecular flexibility index (Phi) is 4.18. The number of carbonyl (C=O) groups excluding carboxylic acids is 1. The number of likely N-dealkylation sites (tertiary alicyclic amines) is 1. The lowest BCUT2D eigenvalue weighted by molar-refractivity contribution is 0.0637. The molecule has 0 saturated carbocycles. The number of amides is 1. The van der Waals surface area contributed by atoms with Crippen molar-refractivity contribution in [3.8, 4) is 11.4 Å². The number of aromatic nitrogens is 2. The van der Waals surface area contributed by atoms with Crippen molar-refractivity contribution in [2.45, 2.75) is 32.2 Å². The summed E-state index contributed by atoms with van der Waals surface area (Å²) in [5.41, 5.74) is 3.08. The molecule has 0 spiro atoms. The molecular weight excluding hydrogens is 310 g/mol. The molecule has 1 aliphatic rings. The molecule has 0 bridgehead atoms. The van der Waals surface area contributed by atoms with Crippen LogP contribution < -0.4 is 0 Å². The summed E-state index contributed by atoms with van der Waals surface area (Å²) in [7, 11) is 0. The van der Waals surface area contributed by atoms with E-state index in [9.17, 15) is 4.79 Å². The van der Waals surface area contributed by atoms with Gasteiger partial charge in [0.2, 0.25) is 0 Å².